The van der Waals surface area contributed by atoms with E-state index < -0.39 is 98.8 Å². The van der Waals surface area contributed by atoms with Crippen LogP contribution in [0.1, 0.15) is 119 Å². The summed E-state index contributed by atoms with van der Waals surface area (Å²) in [5.74, 6) is -2.23. The molecule has 0 unspecified atom stereocenters. The molecule has 0 radical (unpaired) electrons. The Kier molecular flexibility index (Phi) is 34.7. The minimum atomic E-state index is -1.38. The van der Waals surface area contributed by atoms with Gasteiger partial charge in [0.15, 0.2) is 11.6 Å². The van der Waals surface area contributed by atoms with Crippen molar-refractivity contribution in [2.24, 2.45) is 0 Å². The van der Waals surface area contributed by atoms with Gasteiger partial charge in [0.25, 0.3) is 0 Å². The number of halogens is 1. The van der Waals surface area contributed by atoms with Gasteiger partial charge in [-0.2, -0.15) is 0 Å². The number of carbonyl (C=O) groups is 7. The number of hydrogen-bond acceptors (Lipinski definition) is 30. The van der Waals surface area contributed by atoms with Gasteiger partial charge in [-0.25, -0.2) is 19.9 Å². The van der Waals surface area contributed by atoms with E-state index in [-0.39, 0.29) is 117 Å². The van der Waals surface area contributed by atoms with Crippen LogP contribution in [-0.4, -0.2) is 267 Å². The minimum absolute atomic E-state index is 0. The van der Waals surface area contributed by atoms with Crippen LogP contribution in [0.25, 0.3) is 0 Å². The molecule has 2 aromatic heterocycles. The van der Waals surface area contributed by atoms with Crippen LogP contribution in [0.2, 0.25) is 20.5 Å². The molecule has 6 fully saturated rings. The van der Waals surface area contributed by atoms with Crippen molar-refractivity contribution >= 4 is 75.2 Å². The smallest absolute Gasteiger partial charge is 0.377 e. The van der Waals surface area contributed by atoms with Crippen molar-refractivity contribution < 1.29 is 103 Å². The Morgan fingerprint density at radius 3 is 1.32 bits per heavy atom. The summed E-state index contributed by atoms with van der Waals surface area (Å²) in [6, 6.07) is 0.0884. The Balaban J connectivity index is 0.000000377. The number of esters is 5. The number of rotatable bonds is 16. The summed E-state index contributed by atoms with van der Waals surface area (Å²) in [6.07, 6.45) is 5.44. The number of aliphatic hydroxyl groups excluding tert-OH is 3. The normalized spacial score (nSPS) is 26.9. The van der Waals surface area contributed by atoms with Crippen LogP contribution >= 0.6 is 12.4 Å². The van der Waals surface area contributed by atoms with E-state index >= 15 is 0 Å². The lowest BCUT2D eigenvalue weighted by atomic mass is 9.84. The number of ether oxygens (including phenoxy) is 5. The molecule has 12 N–H and O–H groups in total. The number of aliphatic carboxylic acids is 1. The number of carbonyl (C=O) groups excluding carboxylic acids is 6. The third kappa shape index (κ3) is 27.2. The van der Waals surface area contributed by atoms with Crippen LogP contribution < -0.4 is 16.0 Å². The molecule has 0 saturated carbocycles. The molecule has 0 amide bonds. The fraction of sp³-hybridized carbons (Fsp3) is 0.732. The lowest BCUT2D eigenvalue weighted by Gasteiger charge is -2.24. The van der Waals surface area contributed by atoms with Crippen molar-refractivity contribution in [1.29, 1.82) is 0 Å². The number of nitrogens with one attached hydrogen (secondary N) is 3. The van der Waals surface area contributed by atoms with E-state index in [0.717, 1.165) is 0 Å². The first-order valence-electron chi connectivity index (χ1n) is 30.3. The molecule has 6 aliphatic heterocycles. The van der Waals surface area contributed by atoms with E-state index in [1.165, 1.54) is 28.8 Å². The topological polar surface area (TPSA) is 445 Å². The second-order valence-electron chi connectivity index (χ2n) is 24.1. The highest BCUT2D eigenvalue weighted by Crippen LogP contribution is 2.35. The quantitative estimate of drug-likeness (QED) is 0.0483. The van der Waals surface area contributed by atoms with E-state index in [4.69, 9.17) is 39.0 Å². The summed E-state index contributed by atoms with van der Waals surface area (Å²) in [7, 11) is -2.43. The number of ketones is 1. The zero-order valence-corrected chi connectivity index (χ0v) is 55.0. The lowest BCUT2D eigenvalue weighted by Crippen LogP contribution is -2.46. The third-order valence-corrected chi connectivity index (χ3v) is 14.1. The Bertz CT molecular complexity index is 2580. The molecule has 2 aromatic rings. The fourth-order valence-corrected chi connectivity index (χ4v) is 10.0. The Morgan fingerprint density at radius 1 is 0.527 bits per heavy atom. The van der Waals surface area contributed by atoms with Crippen molar-refractivity contribution in [3.8, 4) is 0 Å². The zero-order chi connectivity index (χ0) is 68.0. The molecule has 0 aliphatic carbocycles. The van der Waals surface area contributed by atoms with Gasteiger partial charge in [-0.1, -0.05) is 0 Å². The molecule has 6 aliphatic rings. The number of nitrogens with zero attached hydrogens (tertiary/aromatic N) is 7. The maximum absolute atomic E-state index is 12.2. The van der Waals surface area contributed by atoms with Gasteiger partial charge in [-0.15, -0.1) is 12.4 Å². The number of carboxylic acid groups (broad SMARTS) is 1. The van der Waals surface area contributed by atoms with Crippen molar-refractivity contribution in [2.75, 3.05) is 39.3 Å². The first-order chi connectivity index (χ1) is 42.0. The molecule has 6 saturated heterocycles. The summed E-state index contributed by atoms with van der Waals surface area (Å²) in [4.78, 5) is 100. The summed E-state index contributed by atoms with van der Waals surface area (Å²) < 4.78 is 25.4. The summed E-state index contributed by atoms with van der Waals surface area (Å²) in [6.45, 7) is 24.1. The summed E-state index contributed by atoms with van der Waals surface area (Å²) in [5.41, 5.74) is -2.58. The summed E-state index contributed by atoms with van der Waals surface area (Å²) in [5, 5.41) is 94.1. The molecule has 512 valence electrons. The second kappa shape index (κ2) is 38.7. The van der Waals surface area contributed by atoms with Crippen molar-refractivity contribution in [1.82, 2.24) is 50.3 Å². The SMILES string of the molecule is CB(O)N1CC(=O)C[C@H]1C(=O)OC(C)C.CB(O)N1C[C@H](O)C[C@H]1C(=O)OC(C)C.CB(O)N1C[C@](O)(c2ncccn2)C[C@H]1C(=O)OC(C)C.CC(C)OC(=O)[C@@H]1C[C@@H](O)CN1.CC(C)OC(=O)[C@@H]1C[C@@](O)(c2ncccn2)CN1.Cl.O=C(O)[C@@H]1C[C@@H](O)CN1. The largest absolute Gasteiger partial charge is 0.480 e. The molecular weight excluding hydrogens is 1220 g/mol. The van der Waals surface area contributed by atoms with Crippen molar-refractivity contribution in [2.45, 2.75) is 225 Å². The second-order valence-corrected chi connectivity index (χ2v) is 24.1. The van der Waals surface area contributed by atoms with E-state index in [0.29, 0.717) is 44.7 Å². The average Bonchev–Trinajstić information content (AvgIpc) is 1.65. The lowest BCUT2D eigenvalue weighted by molar-refractivity contribution is -0.152. The maximum Gasteiger partial charge on any atom is 0.377 e. The molecule has 0 aromatic carbocycles. The number of Topliss-reactive ketones (excluding diaryl/α,β-unsaturated/α-hetero) is 1. The molecule has 0 spiro atoms. The number of aliphatic hydroxyl groups is 5. The average molecular weight is 1310 g/mol. The molecular formula is C56H96B3ClN10O21. The predicted octanol–water partition coefficient (Wildman–Crippen LogP) is -2.17. The van der Waals surface area contributed by atoms with Crippen molar-refractivity contribution in [3.63, 3.8) is 0 Å². The fourth-order valence-electron chi connectivity index (χ4n) is 10.0. The van der Waals surface area contributed by atoms with Crippen LogP contribution in [-0.2, 0) is 68.4 Å². The standard InChI is InChI=1S/C13H20BN3O4.C12H17N3O3.C9H18BNO4.C9H16BNO4.C8H15NO3.C5H9NO3.ClH/c1-9(2)21-11(18)10-7-13(19,8-17(10)14(3)20)12-15-5-4-6-16-12;1-8(2)18-10(16)9-6-12(17,7-15-9)11-13-4-3-5-14-11;2*1-6(2)15-9(13)8-4-7(12)5-11(8)10(3)14;1-5(2)12-8(11)7-3-6(10)4-9-7;7-3-1-4(5(8)9)6-2-3;/h4-6,9-10,19-20H,7-8H2,1-3H3;3-5,8-9,15,17H,6-7H2,1-2H3;6-8,12,14H,4-5H2,1-3H3;6,8,14H,4-5H2,1-3H3;5-7,9-10H,3-4H2,1-2H3;3-4,6-7H,1-2H2,(H,8,9);1H/t10-,13-;9-,12-;7-,8+;8-;6-,7+;3-,4+;/m001011./s1. The molecule has 91 heavy (non-hydrogen) atoms. The van der Waals surface area contributed by atoms with E-state index in [1.807, 2.05) is 13.8 Å². The zero-order valence-electron chi connectivity index (χ0n) is 54.2. The number of carboxylic acids is 1. The van der Waals surface area contributed by atoms with E-state index in [9.17, 15) is 64.0 Å². The minimum Gasteiger partial charge on any atom is -0.480 e. The van der Waals surface area contributed by atoms with Gasteiger partial charge in [-0.05, 0) is 108 Å². The van der Waals surface area contributed by atoms with Crippen LogP contribution in [0.5, 0.6) is 0 Å². The van der Waals surface area contributed by atoms with Crippen LogP contribution in [0.3, 0.4) is 0 Å². The molecule has 8 rings (SSSR count). The van der Waals surface area contributed by atoms with Gasteiger partial charge < -0.3 is 95.0 Å². The third-order valence-electron chi connectivity index (χ3n) is 14.1. The number of β-amino-alcohol motifs (C(OH)–C–C–N with tert-alkyl or cyclic N) is 5. The maximum atomic E-state index is 12.2. The molecule has 35 heteroatoms. The highest BCUT2D eigenvalue weighted by Gasteiger charge is 2.52. The van der Waals surface area contributed by atoms with Gasteiger partial charge in [-0.3, -0.25) is 38.4 Å². The van der Waals surface area contributed by atoms with Gasteiger partial charge in [0.2, 0.25) is 0 Å². The number of hydrogen-bond donors (Lipinski definition) is 12. The van der Waals surface area contributed by atoms with Gasteiger partial charge >= 0.3 is 57.0 Å². The molecule has 8 heterocycles. The van der Waals surface area contributed by atoms with Gasteiger partial charge in [0, 0.05) is 96.2 Å². The Morgan fingerprint density at radius 2 is 0.923 bits per heavy atom. The van der Waals surface area contributed by atoms with Crippen molar-refractivity contribution in [3.05, 3.63) is 48.6 Å². The molecule has 11 atom stereocenters. The van der Waals surface area contributed by atoms with Crippen LogP contribution in [0, 0.1) is 0 Å². The Hall–Kier alpha value is -5.43. The van der Waals surface area contributed by atoms with Gasteiger partial charge in [0.1, 0.15) is 53.2 Å². The highest BCUT2D eigenvalue weighted by molar-refractivity contribution is 6.47. The number of aromatic nitrogens is 4. The Labute approximate surface area is 538 Å². The highest BCUT2D eigenvalue weighted by atomic mass is 35.5. The monoisotopic (exact) mass is 1310 g/mol. The van der Waals surface area contributed by atoms with Gasteiger partial charge in [0.05, 0.1) is 48.8 Å². The molecule has 0 bridgehead atoms. The first-order valence-corrected chi connectivity index (χ1v) is 30.3. The predicted molar refractivity (Wildman–Crippen MR) is 332 cm³/mol. The van der Waals surface area contributed by atoms with Crippen LogP contribution in [0.15, 0.2) is 36.9 Å². The van der Waals surface area contributed by atoms with E-state index in [1.54, 1.807) is 98.4 Å². The first kappa shape index (κ1) is 81.7. The van der Waals surface area contributed by atoms with E-state index in [2.05, 4.69) is 35.9 Å². The summed E-state index contributed by atoms with van der Waals surface area (Å²) >= 11 is 0. The molecule has 31 nitrogen and oxygen atoms in total. The van der Waals surface area contributed by atoms with Crippen LogP contribution in [0.4, 0.5) is 0 Å².